The van der Waals surface area contributed by atoms with E-state index in [1.165, 1.54) is 0 Å². The van der Waals surface area contributed by atoms with Gasteiger partial charge < -0.3 is 15.6 Å². The summed E-state index contributed by atoms with van der Waals surface area (Å²) in [6.07, 6.45) is 0.360. The van der Waals surface area contributed by atoms with Gasteiger partial charge in [0.15, 0.2) is 6.10 Å². The van der Waals surface area contributed by atoms with Crippen LogP contribution in [0.3, 0.4) is 0 Å². The van der Waals surface area contributed by atoms with Gasteiger partial charge in [0.25, 0.3) is 0 Å². The Labute approximate surface area is 109 Å². The van der Waals surface area contributed by atoms with Crippen LogP contribution in [0.1, 0.15) is 25.3 Å². The van der Waals surface area contributed by atoms with Crippen LogP contribution in [0.25, 0.3) is 0 Å². The van der Waals surface area contributed by atoms with Crippen LogP contribution in [0, 0.1) is 6.92 Å². The minimum absolute atomic E-state index is 0.444. The molecule has 94 valence electrons. The number of anilines is 1. The summed E-state index contributed by atoms with van der Waals surface area (Å²) in [5, 5.41) is 9.03. The molecule has 0 radical (unpaired) electrons. The average molecular weight is 302 g/mol. The third-order valence-corrected chi connectivity index (χ3v) is 2.81. The number of carboxylic acid groups (broad SMARTS) is 1. The summed E-state index contributed by atoms with van der Waals surface area (Å²) in [5.74, 6) is -0.511. The van der Waals surface area contributed by atoms with Gasteiger partial charge in [0.1, 0.15) is 5.75 Å². The maximum atomic E-state index is 11.0. The quantitative estimate of drug-likeness (QED) is 0.820. The predicted molar refractivity (Wildman–Crippen MR) is 70.3 cm³/mol. The molecule has 1 atom stereocenters. The fourth-order valence-electron chi connectivity index (χ4n) is 1.55. The topological polar surface area (TPSA) is 72.5 Å². The Morgan fingerprint density at radius 2 is 2.24 bits per heavy atom. The molecule has 0 bridgehead atoms. The molecule has 5 heteroatoms. The van der Waals surface area contributed by atoms with Gasteiger partial charge in [-0.2, -0.15) is 0 Å². The van der Waals surface area contributed by atoms with E-state index in [2.05, 4.69) is 15.9 Å². The number of rotatable bonds is 5. The van der Waals surface area contributed by atoms with Crippen molar-refractivity contribution in [1.82, 2.24) is 0 Å². The second-order valence-electron chi connectivity index (χ2n) is 3.87. The van der Waals surface area contributed by atoms with Crippen molar-refractivity contribution < 1.29 is 14.6 Å². The van der Waals surface area contributed by atoms with Crippen molar-refractivity contribution in [3.8, 4) is 5.75 Å². The second kappa shape index (κ2) is 5.91. The third kappa shape index (κ3) is 3.63. The Bertz CT molecular complexity index is 397. The normalized spacial score (nSPS) is 12.2. The Morgan fingerprint density at radius 1 is 1.59 bits per heavy atom. The average Bonchev–Trinajstić information content (AvgIpc) is 2.21. The number of aliphatic carboxylic acids is 1. The summed E-state index contributed by atoms with van der Waals surface area (Å²) in [5.41, 5.74) is 7.08. The second-order valence-corrected chi connectivity index (χ2v) is 4.79. The Kier molecular flexibility index (Phi) is 4.81. The van der Waals surface area contributed by atoms with Gasteiger partial charge in [-0.25, -0.2) is 4.79 Å². The Balaban J connectivity index is 2.97. The molecule has 0 spiro atoms. The highest BCUT2D eigenvalue weighted by atomic mass is 79.9. The van der Waals surface area contributed by atoms with Crippen LogP contribution in [-0.4, -0.2) is 17.2 Å². The number of ether oxygens (including phenoxy) is 1. The molecular weight excluding hydrogens is 286 g/mol. The number of hydrogen-bond donors (Lipinski definition) is 2. The van der Waals surface area contributed by atoms with E-state index in [0.29, 0.717) is 17.9 Å². The first kappa shape index (κ1) is 13.8. The van der Waals surface area contributed by atoms with Gasteiger partial charge in [-0.05, 0) is 31.0 Å². The molecule has 1 rings (SSSR count). The lowest BCUT2D eigenvalue weighted by atomic mass is 10.1. The summed E-state index contributed by atoms with van der Waals surface area (Å²) in [6.45, 7) is 3.75. The van der Waals surface area contributed by atoms with Crippen molar-refractivity contribution in [2.24, 2.45) is 0 Å². The van der Waals surface area contributed by atoms with Crippen molar-refractivity contribution in [3.05, 3.63) is 22.2 Å². The zero-order chi connectivity index (χ0) is 13.0. The lowest BCUT2D eigenvalue weighted by Gasteiger charge is -2.18. The first-order chi connectivity index (χ1) is 7.95. The van der Waals surface area contributed by atoms with Crippen LogP contribution in [0.15, 0.2) is 16.6 Å². The molecule has 0 saturated carbocycles. The summed E-state index contributed by atoms with van der Waals surface area (Å²) in [7, 11) is 0. The highest BCUT2D eigenvalue weighted by Gasteiger charge is 2.20. The van der Waals surface area contributed by atoms with Crippen molar-refractivity contribution >= 4 is 27.6 Å². The van der Waals surface area contributed by atoms with Crippen LogP contribution in [0.5, 0.6) is 5.75 Å². The summed E-state index contributed by atoms with van der Waals surface area (Å²) in [4.78, 5) is 11.0. The molecule has 0 fully saturated rings. The number of carbonyl (C=O) groups is 1. The molecular formula is C12H16BrNO3. The Hall–Kier alpha value is -1.23. The van der Waals surface area contributed by atoms with Gasteiger partial charge in [-0.3, -0.25) is 0 Å². The lowest BCUT2D eigenvalue weighted by molar-refractivity contribution is -0.145. The van der Waals surface area contributed by atoms with Crippen LogP contribution in [0.2, 0.25) is 0 Å². The monoisotopic (exact) mass is 301 g/mol. The molecule has 3 N–H and O–H groups in total. The van der Waals surface area contributed by atoms with E-state index < -0.39 is 12.1 Å². The summed E-state index contributed by atoms with van der Waals surface area (Å²) >= 11 is 3.32. The van der Waals surface area contributed by atoms with Crippen molar-refractivity contribution in [3.63, 3.8) is 0 Å². The van der Waals surface area contributed by atoms with E-state index in [1.807, 2.05) is 19.9 Å². The minimum Gasteiger partial charge on any atom is -0.479 e. The van der Waals surface area contributed by atoms with Gasteiger partial charge in [-0.1, -0.05) is 29.3 Å². The van der Waals surface area contributed by atoms with Crippen molar-refractivity contribution in [2.45, 2.75) is 32.8 Å². The molecule has 0 aromatic heterocycles. The standard InChI is InChI=1S/C12H16BrNO3/c1-3-4-10(12(15)16)17-11-7(2)5-8(13)6-9(11)14/h5-6,10H,3-4,14H2,1-2H3,(H,15,16). The van der Waals surface area contributed by atoms with Gasteiger partial charge >= 0.3 is 5.97 Å². The van der Waals surface area contributed by atoms with Gasteiger partial charge in [0.05, 0.1) is 5.69 Å². The number of carboxylic acids is 1. The van der Waals surface area contributed by atoms with Crippen LogP contribution >= 0.6 is 15.9 Å². The number of aryl methyl sites for hydroxylation is 1. The van der Waals surface area contributed by atoms with E-state index in [9.17, 15) is 4.79 Å². The molecule has 4 nitrogen and oxygen atoms in total. The van der Waals surface area contributed by atoms with E-state index in [-0.39, 0.29) is 0 Å². The molecule has 17 heavy (non-hydrogen) atoms. The SMILES string of the molecule is CCCC(Oc1c(C)cc(Br)cc1N)C(=O)O. The predicted octanol–water partition coefficient (Wildman–Crippen LogP) is 2.97. The maximum absolute atomic E-state index is 11.0. The fourth-order valence-corrected chi connectivity index (χ4v) is 2.14. The number of hydrogen-bond acceptors (Lipinski definition) is 3. The Morgan fingerprint density at radius 3 is 2.71 bits per heavy atom. The molecule has 0 heterocycles. The molecule has 0 saturated heterocycles. The molecule has 0 amide bonds. The zero-order valence-corrected chi connectivity index (χ0v) is 11.5. The maximum Gasteiger partial charge on any atom is 0.344 e. The van der Waals surface area contributed by atoms with Crippen molar-refractivity contribution in [2.75, 3.05) is 5.73 Å². The molecule has 0 aliphatic heterocycles. The lowest BCUT2D eigenvalue weighted by Crippen LogP contribution is -2.27. The smallest absolute Gasteiger partial charge is 0.344 e. The van der Waals surface area contributed by atoms with Gasteiger partial charge in [-0.15, -0.1) is 0 Å². The number of benzene rings is 1. The van der Waals surface area contributed by atoms with Crippen molar-refractivity contribution in [1.29, 1.82) is 0 Å². The molecule has 1 aromatic carbocycles. The summed E-state index contributed by atoms with van der Waals surface area (Å²) < 4.78 is 6.34. The largest absolute Gasteiger partial charge is 0.479 e. The number of halogens is 1. The van der Waals surface area contributed by atoms with Gasteiger partial charge in [0.2, 0.25) is 0 Å². The van der Waals surface area contributed by atoms with E-state index >= 15 is 0 Å². The summed E-state index contributed by atoms with van der Waals surface area (Å²) in [6, 6.07) is 3.55. The minimum atomic E-state index is -0.964. The number of nitrogen functional groups attached to an aromatic ring is 1. The third-order valence-electron chi connectivity index (χ3n) is 2.35. The first-order valence-corrected chi connectivity index (χ1v) is 6.20. The molecule has 0 aliphatic rings. The highest BCUT2D eigenvalue weighted by Crippen LogP contribution is 2.31. The fraction of sp³-hybridized carbons (Fsp3) is 0.417. The number of nitrogens with two attached hydrogens (primary N) is 1. The van der Waals surface area contributed by atoms with Gasteiger partial charge in [0, 0.05) is 4.47 Å². The van der Waals surface area contributed by atoms with Crippen LogP contribution < -0.4 is 10.5 Å². The molecule has 0 aliphatic carbocycles. The van der Waals surface area contributed by atoms with Crippen LogP contribution in [0.4, 0.5) is 5.69 Å². The van der Waals surface area contributed by atoms with E-state index in [4.69, 9.17) is 15.6 Å². The molecule has 1 unspecified atom stereocenters. The first-order valence-electron chi connectivity index (χ1n) is 5.40. The highest BCUT2D eigenvalue weighted by molar-refractivity contribution is 9.10. The van der Waals surface area contributed by atoms with Crippen LogP contribution in [-0.2, 0) is 4.79 Å². The van der Waals surface area contributed by atoms with E-state index in [1.54, 1.807) is 6.07 Å². The van der Waals surface area contributed by atoms with E-state index in [0.717, 1.165) is 16.5 Å². The molecule has 1 aromatic rings. The zero-order valence-electron chi connectivity index (χ0n) is 9.87.